The third-order valence-corrected chi connectivity index (χ3v) is 4.38. The number of carbonyl (C=O) groups excluding carboxylic acids is 2. The fourth-order valence-corrected chi connectivity index (χ4v) is 2.76. The minimum atomic E-state index is -0.709. The van der Waals surface area contributed by atoms with Gasteiger partial charge in [-0.05, 0) is 48.4 Å². The van der Waals surface area contributed by atoms with Gasteiger partial charge in [-0.3, -0.25) is 20.4 Å². The molecule has 2 amide bonds. The SMILES string of the molecule is CCC(Oc1ccc(C)cc1)C(=O)NNC(=O)COc1ccc2ccccc2c1. The molecule has 1 unspecified atom stereocenters. The van der Waals surface area contributed by atoms with Crippen LogP contribution < -0.4 is 20.3 Å². The first-order valence-corrected chi connectivity index (χ1v) is 9.49. The van der Waals surface area contributed by atoms with Crippen LogP contribution >= 0.6 is 0 Å². The van der Waals surface area contributed by atoms with E-state index in [4.69, 9.17) is 9.47 Å². The lowest BCUT2D eigenvalue weighted by molar-refractivity contribution is -0.134. The third kappa shape index (κ3) is 5.72. The monoisotopic (exact) mass is 392 g/mol. The zero-order valence-electron chi connectivity index (χ0n) is 16.5. The van der Waals surface area contributed by atoms with Crippen molar-refractivity contribution in [2.45, 2.75) is 26.4 Å². The molecule has 0 heterocycles. The Morgan fingerprint density at radius 3 is 2.31 bits per heavy atom. The lowest BCUT2D eigenvalue weighted by atomic mass is 10.1. The summed E-state index contributed by atoms with van der Waals surface area (Å²) in [7, 11) is 0. The summed E-state index contributed by atoms with van der Waals surface area (Å²) >= 11 is 0. The maximum Gasteiger partial charge on any atom is 0.279 e. The van der Waals surface area contributed by atoms with Crippen molar-refractivity contribution in [1.82, 2.24) is 10.9 Å². The molecule has 29 heavy (non-hydrogen) atoms. The molecule has 150 valence electrons. The number of nitrogens with one attached hydrogen (secondary N) is 2. The Hall–Kier alpha value is -3.54. The van der Waals surface area contributed by atoms with Gasteiger partial charge in [0, 0.05) is 0 Å². The van der Waals surface area contributed by atoms with Crippen LogP contribution in [0.3, 0.4) is 0 Å². The van der Waals surface area contributed by atoms with Crippen molar-refractivity contribution in [3.05, 3.63) is 72.3 Å². The van der Waals surface area contributed by atoms with Gasteiger partial charge in [0.1, 0.15) is 11.5 Å². The molecule has 6 heteroatoms. The van der Waals surface area contributed by atoms with Crippen LogP contribution in [-0.4, -0.2) is 24.5 Å². The number of hydrazine groups is 1. The van der Waals surface area contributed by atoms with Crippen molar-refractivity contribution in [2.75, 3.05) is 6.61 Å². The van der Waals surface area contributed by atoms with Gasteiger partial charge in [-0.2, -0.15) is 0 Å². The van der Waals surface area contributed by atoms with Crippen molar-refractivity contribution in [2.24, 2.45) is 0 Å². The second-order valence-corrected chi connectivity index (χ2v) is 6.66. The molecular weight excluding hydrogens is 368 g/mol. The summed E-state index contributed by atoms with van der Waals surface area (Å²) < 4.78 is 11.2. The van der Waals surface area contributed by atoms with Crippen LogP contribution in [0.25, 0.3) is 10.8 Å². The molecule has 0 saturated carbocycles. The number of carbonyl (C=O) groups is 2. The molecule has 0 aliphatic heterocycles. The molecule has 1 atom stereocenters. The first kappa shape index (κ1) is 20.2. The van der Waals surface area contributed by atoms with E-state index in [9.17, 15) is 9.59 Å². The van der Waals surface area contributed by atoms with E-state index in [1.165, 1.54) is 0 Å². The number of fused-ring (bicyclic) bond motifs is 1. The molecular formula is C23H24N2O4. The molecule has 3 aromatic rings. The summed E-state index contributed by atoms with van der Waals surface area (Å²) in [5, 5.41) is 2.12. The molecule has 6 nitrogen and oxygen atoms in total. The number of rotatable bonds is 7. The Labute approximate surface area is 169 Å². The van der Waals surface area contributed by atoms with Crippen molar-refractivity contribution >= 4 is 22.6 Å². The average molecular weight is 392 g/mol. The third-order valence-electron chi connectivity index (χ3n) is 4.38. The molecule has 0 aliphatic carbocycles. The van der Waals surface area contributed by atoms with Crippen LogP contribution in [0.4, 0.5) is 0 Å². The molecule has 0 aromatic heterocycles. The highest BCUT2D eigenvalue weighted by Gasteiger charge is 2.19. The summed E-state index contributed by atoms with van der Waals surface area (Å²) in [4.78, 5) is 24.3. The molecule has 0 aliphatic rings. The highest BCUT2D eigenvalue weighted by atomic mass is 16.5. The van der Waals surface area contributed by atoms with E-state index in [-0.39, 0.29) is 6.61 Å². The van der Waals surface area contributed by atoms with E-state index >= 15 is 0 Å². The second-order valence-electron chi connectivity index (χ2n) is 6.66. The van der Waals surface area contributed by atoms with Gasteiger partial charge in [0.05, 0.1) is 0 Å². The number of benzene rings is 3. The van der Waals surface area contributed by atoms with Gasteiger partial charge in [-0.25, -0.2) is 0 Å². The van der Waals surface area contributed by atoms with E-state index in [0.717, 1.165) is 16.3 Å². The van der Waals surface area contributed by atoms with Gasteiger partial charge in [0.25, 0.3) is 11.8 Å². The molecule has 0 spiro atoms. The highest BCUT2D eigenvalue weighted by molar-refractivity contribution is 5.86. The number of amides is 2. The van der Waals surface area contributed by atoms with E-state index < -0.39 is 17.9 Å². The minimum Gasteiger partial charge on any atom is -0.484 e. The Morgan fingerprint density at radius 2 is 1.59 bits per heavy atom. The molecule has 3 rings (SSSR count). The van der Waals surface area contributed by atoms with Gasteiger partial charge in [-0.1, -0.05) is 55.0 Å². The first-order valence-electron chi connectivity index (χ1n) is 9.49. The Balaban J connectivity index is 1.46. The smallest absolute Gasteiger partial charge is 0.279 e. The Bertz CT molecular complexity index is 986. The van der Waals surface area contributed by atoms with E-state index in [2.05, 4.69) is 10.9 Å². The minimum absolute atomic E-state index is 0.214. The standard InChI is InChI=1S/C23H24N2O4/c1-3-21(29-19-11-8-16(2)9-12-19)23(27)25-24-22(26)15-28-20-13-10-17-6-4-5-7-18(17)14-20/h4-14,21H,3,15H2,1-2H3,(H,24,26)(H,25,27). The number of ether oxygens (including phenoxy) is 2. The van der Waals surface area contributed by atoms with Gasteiger partial charge in [0.15, 0.2) is 12.7 Å². The van der Waals surface area contributed by atoms with E-state index in [0.29, 0.717) is 17.9 Å². The number of hydrogen-bond acceptors (Lipinski definition) is 4. The average Bonchev–Trinajstić information content (AvgIpc) is 2.75. The van der Waals surface area contributed by atoms with E-state index in [1.54, 1.807) is 18.2 Å². The predicted octanol–water partition coefficient (Wildman–Crippen LogP) is 3.53. The number of aryl methyl sites for hydroxylation is 1. The topological polar surface area (TPSA) is 76.7 Å². The lowest BCUT2D eigenvalue weighted by Crippen LogP contribution is -2.49. The molecule has 0 fully saturated rings. The van der Waals surface area contributed by atoms with Crippen molar-refractivity contribution in [1.29, 1.82) is 0 Å². The van der Waals surface area contributed by atoms with Gasteiger partial charge in [-0.15, -0.1) is 0 Å². The van der Waals surface area contributed by atoms with Crippen molar-refractivity contribution in [3.63, 3.8) is 0 Å². The zero-order chi connectivity index (χ0) is 20.6. The van der Waals surface area contributed by atoms with Gasteiger partial charge in [0.2, 0.25) is 0 Å². The van der Waals surface area contributed by atoms with Crippen molar-refractivity contribution < 1.29 is 19.1 Å². The number of hydrogen-bond donors (Lipinski definition) is 2. The summed E-state index contributed by atoms with van der Waals surface area (Å²) in [5.74, 6) is 0.298. The molecule has 0 radical (unpaired) electrons. The fraction of sp³-hybridized carbons (Fsp3) is 0.217. The highest BCUT2D eigenvalue weighted by Crippen LogP contribution is 2.20. The Morgan fingerprint density at radius 1 is 0.897 bits per heavy atom. The summed E-state index contributed by atoms with van der Waals surface area (Å²) in [6.07, 6.45) is -0.247. The van der Waals surface area contributed by atoms with Gasteiger partial charge < -0.3 is 9.47 Å². The van der Waals surface area contributed by atoms with Crippen molar-refractivity contribution in [3.8, 4) is 11.5 Å². The van der Waals surface area contributed by atoms with Crippen LogP contribution in [0.1, 0.15) is 18.9 Å². The van der Waals surface area contributed by atoms with Crippen LogP contribution in [-0.2, 0) is 9.59 Å². The van der Waals surface area contributed by atoms with Crippen LogP contribution in [0.5, 0.6) is 11.5 Å². The maximum absolute atomic E-state index is 12.3. The normalized spacial score (nSPS) is 11.5. The summed E-state index contributed by atoms with van der Waals surface area (Å²) in [6.45, 7) is 3.60. The van der Waals surface area contributed by atoms with Crippen LogP contribution in [0.2, 0.25) is 0 Å². The molecule has 0 saturated heterocycles. The zero-order valence-corrected chi connectivity index (χ0v) is 16.5. The lowest BCUT2D eigenvalue weighted by Gasteiger charge is -2.17. The summed E-state index contributed by atoms with van der Waals surface area (Å²) in [6, 6.07) is 20.9. The van der Waals surface area contributed by atoms with Crippen LogP contribution in [0.15, 0.2) is 66.7 Å². The van der Waals surface area contributed by atoms with E-state index in [1.807, 2.05) is 62.4 Å². The molecule has 0 bridgehead atoms. The Kier molecular flexibility index (Phi) is 6.68. The predicted molar refractivity (Wildman–Crippen MR) is 112 cm³/mol. The quantitative estimate of drug-likeness (QED) is 0.603. The second kappa shape index (κ2) is 9.59. The largest absolute Gasteiger partial charge is 0.484 e. The molecule has 2 N–H and O–H groups in total. The molecule has 3 aromatic carbocycles. The summed E-state index contributed by atoms with van der Waals surface area (Å²) in [5.41, 5.74) is 5.85. The first-order chi connectivity index (χ1) is 14.0. The maximum atomic E-state index is 12.3. The van der Waals surface area contributed by atoms with Gasteiger partial charge >= 0.3 is 0 Å². The fourth-order valence-electron chi connectivity index (χ4n) is 2.76. The van der Waals surface area contributed by atoms with Crippen LogP contribution in [0, 0.1) is 6.92 Å².